The summed E-state index contributed by atoms with van der Waals surface area (Å²) in [5.74, 6) is 0.832. The minimum atomic E-state index is -3.98. The third-order valence-corrected chi connectivity index (χ3v) is 15.2. The molecule has 0 saturated carbocycles. The number of rotatable bonds is 14. The standard InChI is InChI=1S/2C9H10O3.2C4H9.Sn/c2*1-12-8-4-2-7(3-5-8)6-9(10)11;2*1-3-4-2;/h2*2-5H,6H2,1H3,(H,10,11);2*1,3-4H2,2H3;/q;;;;+2/p-2. The predicted molar refractivity (Wildman–Crippen MR) is 131 cm³/mol. The third-order valence-electron chi connectivity index (χ3n) is 5.44. The molecule has 0 heterocycles. The van der Waals surface area contributed by atoms with Gasteiger partial charge in [-0.3, -0.25) is 0 Å². The Labute approximate surface area is 202 Å². The molecule has 0 aliphatic heterocycles. The Morgan fingerprint density at radius 1 is 0.667 bits per heavy atom. The molecular formula is C26H36O6Sn. The van der Waals surface area contributed by atoms with Crippen molar-refractivity contribution < 1.29 is 25.2 Å². The summed E-state index contributed by atoms with van der Waals surface area (Å²) in [6, 6.07) is 14.7. The van der Waals surface area contributed by atoms with E-state index in [1.165, 1.54) is 0 Å². The summed E-state index contributed by atoms with van der Waals surface area (Å²) in [4.78, 5) is 25.8. The molecule has 0 aromatic heterocycles. The van der Waals surface area contributed by atoms with E-state index in [0.29, 0.717) is 8.87 Å². The molecule has 0 bridgehead atoms. The van der Waals surface area contributed by atoms with Crippen LogP contribution in [-0.2, 0) is 28.6 Å². The first-order chi connectivity index (χ1) is 15.9. The summed E-state index contributed by atoms with van der Waals surface area (Å²) in [5, 5.41) is 0. The Morgan fingerprint density at radius 2 is 1.03 bits per heavy atom. The average molecular weight is 563 g/mol. The Bertz CT molecular complexity index is 790. The van der Waals surface area contributed by atoms with Gasteiger partial charge in [-0.1, -0.05) is 0 Å². The Kier molecular flexibility index (Phi) is 11.6. The van der Waals surface area contributed by atoms with Crippen LogP contribution < -0.4 is 9.47 Å². The van der Waals surface area contributed by atoms with E-state index in [9.17, 15) is 9.59 Å². The molecule has 0 amide bonds. The van der Waals surface area contributed by atoms with Crippen molar-refractivity contribution >= 4 is 31.1 Å². The van der Waals surface area contributed by atoms with Crippen LogP contribution in [0.25, 0.3) is 0 Å². The first-order valence-corrected chi connectivity index (χ1v) is 18.0. The molecule has 0 aliphatic rings. The van der Waals surface area contributed by atoms with Gasteiger partial charge in [0.15, 0.2) is 0 Å². The van der Waals surface area contributed by atoms with E-state index in [-0.39, 0.29) is 24.8 Å². The second-order valence-corrected chi connectivity index (χ2v) is 17.3. The third kappa shape index (κ3) is 9.27. The number of benzene rings is 2. The molecule has 6 nitrogen and oxygen atoms in total. The summed E-state index contributed by atoms with van der Waals surface area (Å²) in [6.45, 7) is 4.18. The van der Waals surface area contributed by atoms with Gasteiger partial charge in [0.1, 0.15) is 0 Å². The number of hydrogen-bond acceptors (Lipinski definition) is 6. The fraction of sp³-hybridized carbons (Fsp3) is 0.462. The SMILES string of the molecule is CCC[CH2][Sn]([CH2]CCC)([O]C(=O)Cc1ccc(OC)cc1)[O]C(=O)Cc1ccc(OC)cc1. The molecule has 0 fully saturated rings. The van der Waals surface area contributed by atoms with Crippen LogP contribution in [0.4, 0.5) is 0 Å². The van der Waals surface area contributed by atoms with Crippen LogP contribution in [0, 0.1) is 0 Å². The van der Waals surface area contributed by atoms with Gasteiger partial charge in [0, 0.05) is 0 Å². The number of carbonyl (C=O) groups is 2. The van der Waals surface area contributed by atoms with Crippen LogP contribution >= 0.6 is 0 Å². The van der Waals surface area contributed by atoms with E-state index >= 15 is 0 Å². The van der Waals surface area contributed by atoms with Crippen LogP contribution in [0.15, 0.2) is 48.5 Å². The topological polar surface area (TPSA) is 71.1 Å². The summed E-state index contributed by atoms with van der Waals surface area (Å²) >= 11 is -3.98. The van der Waals surface area contributed by atoms with Crippen LogP contribution in [0.3, 0.4) is 0 Å². The van der Waals surface area contributed by atoms with Crippen LogP contribution in [0.5, 0.6) is 11.5 Å². The van der Waals surface area contributed by atoms with Crippen molar-refractivity contribution in [2.45, 2.75) is 61.2 Å². The molecule has 0 saturated heterocycles. The normalized spacial score (nSPS) is 11.0. The minimum absolute atomic E-state index is 0.150. The maximum atomic E-state index is 12.9. The molecule has 0 radical (unpaired) electrons. The summed E-state index contributed by atoms with van der Waals surface area (Å²) in [5.41, 5.74) is 1.69. The zero-order chi connectivity index (χ0) is 24.1. The van der Waals surface area contributed by atoms with Gasteiger partial charge < -0.3 is 0 Å². The van der Waals surface area contributed by atoms with Crippen LogP contribution in [-0.4, -0.2) is 45.4 Å². The predicted octanol–water partition coefficient (Wildman–Crippen LogP) is 5.62. The first kappa shape index (κ1) is 27.0. The van der Waals surface area contributed by atoms with Crippen LogP contribution in [0.2, 0.25) is 8.87 Å². The second kappa shape index (κ2) is 14.1. The van der Waals surface area contributed by atoms with E-state index in [4.69, 9.17) is 15.6 Å². The van der Waals surface area contributed by atoms with Crippen molar-refractivity contribution in [2.24, 2.45) is 0 Å². The van der Waals surface area contributed by atoms with Gasteiger partial charge in [-0.25, -0.2) is 0 Å². The molecule has 2 aromatic carbocycles. The van der Waals surface area contributed by atoms with Gasteiger partial charge in [-0.05, 0) is 0 Å². The summed E-state index contributed by atoms with van der Waals surface area (Å²) < 4.78 is 24.0. The van der Waals surface area contributed by atoms with Crippen LogP contribution in [0.1, 0.15) is 50.7 Å². The molecule has 0 atom stereocenters. The Morgan fingerprint density at radius 3 is 1.33 bits per heavy atom. The van der Waals surface area contributed by atoms with Gasteiger partial charge in [0.2, 0.25) is 0 Å². The van der Waals surface area contributed by atoms with Crippen molar-refractivity contribution in [3.8, 4) is 11.5 Å². The fourth-order valence-electron chi connectivity index (χ4n) is 3.55. The average Bonchev–Trinajstić information content (AvgIpc) is 2.82. The molecule has 2 aromatic rings. The van der Waals surface area contributed by atoms with Crippen molar-refractivity contribution in [3.63, 3.8) is 0 Å². The Hall–Kier alpha value is -2.22. The number of ether oxygens (including phenoxy) is 2. The fourth-order valence-corrected chi connectivity index (χ4v) is 13.4. The van der Waals surface area contributed by atoms with Gasteiger partial charge in [0.05, 0.1) is 0 Å². The summed E-state index contributed by atoms with van der Waals surface area (Å²) in [6.07, 6.45) is 3.97. The quantitative estimate of drug-likeness (QED) is 0.278. The summed E-state index contributed by atoms with van der Waals surface area (Å²) in [7, 11) is 3.21. The monoisotopic (exact) mass is 564 g/mol. The maximum absolute atomic E-state index is 12.9. The number of methoxy groups -OCH3 is 2. The molecule has 0 aliphatic carbocycles. The number of hydrogen-bond donors (Lipinski definition) is 0. The molecule has 2 rings (SSSR count). The second-order valence-electron chi connectivity index (χ2n) is 8.12. The first-order valence-electron chi connectivity index (χ1n) is 11.6. The molecule has 7 heteroatoms. The van der Waals surface area contributed by atoms with Gasteiger partial charge >= 0.3 is 203 Å². The molecule has 33 heavy (non-hydrogen) atoms. The van der Waals surface area contributed by atoms with E-state index in [2.05, 4.69) is 13.8 Å². The molecular weight excluding hydrogens is 527 g/mol. The van der Waals surface area contributed by atoms with Gasteiger partial charge in [-0.15, -0.1) is 0 Å². The van der Waals surface area contributed by atoms with Crippen molar-refractivity contribution in [1.29, 1.82) is 0 Å². The molecule has 180 valence electrons. The zero-order valence-electron chi connectivity index (χ0n) is 20.2. The van der Waals surface area contributed by atoms with E-state index < -0.39 is 19.2 Å². The van der Waals surface area contributed by atoms with Crippen molar-refractivity contribution in [1.82, 2.24) is 0 Å². The molecule has 0 N–H and O–H groups in total. The Balaban J connectivity index is 2.13. The number of carbonyl (C=O) groups excluding carboxylic acids is 2. The van der Waals surface area contributed by atoms with E-state index in [1.54, 1.807) is 14.2 Å². The molecule has 0 spiro atoms. The molecule has 0 unspecified atom stereocenters. The van der Waals surface area contributed by atoms with Crippen molar-refractivity contribution in [2.75, 3.05) is 14.2 Å². The van der Waals surface area contributed by atoms with E-state index in [1.807, 2.05) is 48.5 Å². The number of unbranched alkanes of at least 4 members (excludes halogenated alkanes) is 2. The van der Waals surface area contributed by atoms with E-state index in [0.717, 1.165) is 48.3 Å². The zero-order valence-corrected chi connectivity index (χ0v) is 23.1. The van der Waals surface area contributed by atoms with Crippen molar-refractivity contribution in [3.05, 3.63) is 59.7 Å². The van der Waals surface area contributed by atoms with Gasteiger partial charge in [-0.2, -0.15) is 0 Å². The van der Waals surface area contributed by atoms with Gasteiger partial charge in [0.25, 0.3) is 0 Å².